The van der Waals surface area contributed by atoms with Crippen molar-refractivity contribution in [1.82, 2.24) is 10.2 Å². The van der Waals surface area contributed by atoms with Gasteiger partial charge in [-0.05, 0) is 46.7 Å². The first-order valence-corrected chi connectivity index (χ1v) is 7.09. The monoisotopic (exact) mass is 226 g/mol. The average Bonchev–Trinajstić information content (AvgIpc) is 2.24. The largest absolute Gasteiger partial charge is 0.311 e. The molecular weight excluding hydrogens is 196 g/mol. The molecule has 1 fully saturated rings. The van der Waals surface area contributed by atoms with Crippen LogP contribution in [0.25, 0.3) is 0 Å². The van der Waals surface area contributed by atoms with Gasteiger partial charge in [-0.25, -0.2) is 0 Å². The highest BCUT2D eigenvalue weighted by atomic mass is 15.1. The average molecular weight is 226 g/mol. The van der Waals surface area contributed by atoms with Crippen molar-refractivity contribution in [2.75, 3.05) is 13.6 Å². The van der Waals surface area contributed by atoms with Gasteiger partial charge in [0, 0.05) is 18.1 Å². The molecular formula is C14H30N2. The third-order valence-electron chi connectivity index (χ3n) is 3.97. The van der Waals surface area contributed by atoms with Gasteiger partial charge in [0.2, 0.25) is 0 Å². The van der Waals surface area contributed by atoms with E-state index < -0.39 is 0 Å². The molecule has 16 heavy (non-hydrogen) atoms. The first-order valence-electron chi connectivity index (χ1n) is 7.09. The summed E-state index contributed by atoms with van der Waals surface area (Å²) in [5, 5.41) is 3.80. The van der Waals surface area contributed by atoms with Crippen molar-refractivity contribution >= 4 is 0 Å². The van der Waals surface area contributed by atoms with E-state index >= 15 is 0 Å². The SMILES string of the molecule is CCCCCC(C)NC1CCN(C)C(C)C1. The lowest BCUT2D eigenvalue weighted by Gasteiger charge is -2.36. The van der Waals surface area contributed by atoms with E-state index in [1.807, 2.05) is 0 Å². The van der Waals surface area contributed by atoms with E-state index in [9.17, 15) is 0 Å². The first kappa shape index (κ1) is 14.0. The third-order valence-corrected chi connectivity index (χ3v) is 3.97. The fraction of sp³-hybridized carbons (Fsp3) is 1.00. The maximum absolute atomic E-state index is 3.80. The zero-order valence-electron chi connectivity index (χ0n) is 11.6. The number of hydrogen-bond donors (Lipinski definition) is 1. The van der Waals surface area contributed by atoms with E-state index in [0.29, 0.717) is 6.04 Å². The van der Waals surface area contributed by atoms with E-state index in [2.05, 4.69) is 38.0 Å². The molecule has 0 aliphatic carbocycles. The Hall–Kier alpha value is -0.0800. The van der Waals surface area contributed by atoms with Crippen LogP contribution < -0.4 is 5.32 Å². The minimum atomic E-state index is 0.701. The number of hydrogen-bond acceptors (Lipinski definition) is 2. The molecule has 1 heterocycles. The van der Waals surface area contributed by atoms with Crippen molar-refractivity contribution in [2.24, 2.45) is 0 Å². The molecule has 1 N–H and O–H groups in total. The molecule has 0 saturated carbocycles. The quantitative estimate of drug-likeness (QED) is 0.700. The van der Waals surface area contributed by atoms with Crippen molar-refractivity contribution in [1.29, 1.82) is 0 Å². The molecule has 1 aliphatic rings. The highest BCUT2D eigenvalue weighted by Gasteiger charge is 2.23. The second kappa shape index (κ2) is 7.29. The van der Waals surface area contributed by atoms with Crippen LogP contribution in [0, 0.1) is 0 Å². The minimum absolute atomic E-state index is 0.701. The molecule has 96 valence electrons. The summed E-state index contributed by atoms with van der Waals surface area (Å²) in [4.78, 5) is 2.47. The lowest BCUT2D eigenvalue weighted by Crippen LogP contribution is -2.47. The normalized spacial score (nSPS) is 29.2. The number of piperidine rings is 1. The van der Waals surface area contributed by atoms with Gasteiger partial charge in [-0.2, -0.15) is 0 Å². The van der Waals surface area contributed by atoms with Gasteiger partial charge in [-0.15, -0.1) is 0 Å². The lowest BCUT2D eigenvalue weighted by molar-refractivity contribution is 0.162. The summed E-state index contributed by atoms with van der Waals surface area (Å²) in [6.07, 6.45) is 8.07. The van der Waals surface area contributed by atoms with Crippen LogP contribution in [0.4, 0.5) is 0 Å². The van der Waals surface area contributed by atoms with E-state index in [0.717, 1.165) is 12.1 Å². The van der Waals surface area contributed by atoms with Crippen molar-refractivity contribution in [3.05, 3.63) is 0 Å². The Labute approximate surface area is 102 Å². The Morgan fingerprint density at radius 1 is 1.38 bits per heavy atom. The zero-order chi connectivity index (χ0) is 12.0. The van der Waals surface area contributed by atoms with Crippen molar-refractivity contribution in [3.63, 3.8) is 0 Å². The Kier molecular flexibility index (Phi) is 6.37. The summed E-state index contributed by atoms with van der Waals surface area (Å²) in [6.45, 7) is 8.21. The number of nitrogens with one attached hydrogen (secondary N) is 1. The molecule has 3 atom stereocenters. The Balaban J connectivity index is 2.16. The molecule has 0 spiro atoms. The Morgan fingerprint density at radius 3 is 2.75 bits per heavy atom. The second-order valence-electron chi connectivity index (χ2n) is 5.61. The highest BCUT2D eigenvalue weighted by molar-refractivity contribution is 4.82. The van der Waals surface area contributed by atoms with Crippen molar-refractivity contribution in [3.8, 4) is 0 Å². The Bertz CT molecular complexity index is 182. The topological polar surface area (TPSA) is 15.3 Å². The van der Waals surface area contributed by atoms with Crippen LogP contribution in [0.5, 0.6) is 0 Å². The van der Waals surface area contributed by atoms with Gasteiger partial charge in [0.15, 0.2) is 0 Å². The molecule has 0 radical (unpaired) electrons. The van der Waals surface area contributed by atoms with Crippen LogP contribution in [0.3, 0.4) is 0 Å². The maximum atomic E-state index is 3.80. The van der Waals surface area contributed by atoms with Gasteiger partial charge in [0.25, 0.3) is 0 Å². The number of nitrogens with zero attached hydrogens (tertiary/aromatic N) is 1. The van der Waals surface area contributed by atoms with Gasteiger partial charge >= 0.3 is 0 Å². The van der Waals surface area contributed by atoms with E-state index in [1.165, 1.54) is 45.1 Å². The molecule has 0 amide bonds. The Morgan fingerprint density at radius 2 is 2.12 bits per heavy atom. The van der Waals surface area contributed by atoms with Crippen LogP contribution in [0.1, 0.15) is 59.3 Å². The maximum Gasteiger partial charge on any atom is 0.00964 e. The smallest absolute Gasteiger partial charge is 0.00964 e. The van der Waals surface area contributed by atoms with Crippen LogP contribution in [0.2, 0.25) is 0 Å². The second-order valence-corrected chi connectivity index (χ2v) is 5.61. The molecule has 0 aromatic rings. The molecule has 1 rings (SSSR count). The number of likely N-dealkylation sites (tertiary alicyclic amines) is 1. The molecule has 0 aromatic carbocycles. The number of unbranched alkanes of at least 4 members (excludes halogenated alkanes) is 2. The van der Waals surface area contributed by atoms with Crippen molar-refractivity contribution < 1.29 is 0 Å². The predicted molar refractivity (Wildman–Crippen MR) is 71.9 cm³/mol. The molecule has 2 nitrogen and oxygen atoms in total. The summed E-state index contributed by atoms with van der Waals surface area (Å²) in [5.41, 5.74) is 0. The summed E-state index contributed by atoms with van der Waals surface area (Å²) >= 11 is 0. The van der Waals surface area contributed by atoms with Crippen LogP contribution >= 0.6 is 0 Å². The standard InChI is InChI=1S/C14H30N2/c1-5-6-7-8-12(2)15-14-9-10-16(4)13(3)11-14/h12-15H,5-11H2,1-4H3. The zero-order valence-corrected chi connectivity index (χ0v) is 11.6. The predicted octanol–water partition coefficient (Wildman–Crippen LogP) is 3.03. The van der Waals surface area contributed by atoms with E-state index in [4.69, 9.17) is 0 Å². The van der Waals surface area contributed by atoms with Crippen LogP contribution in [-0.2, 0) is 0 Å². The first-order chi connectivity index (χ1) is 7.63. The highest BCUT2D eigenvalue weighted by Crippen LogP contribution is 2.16. The van der Waals surface area contributed by atoms with Gasteiger partial charge in [0.1, 0.15) is 0 Å². The van der Waals surface area contributed by atoms with Gasteiger partial charge in [0.05, 0.1) is 0 Å². The summed E-state index contributed by atoms with van der Waals surface area (Å²) in [6, 6.07) is 2.20. The van der Waals surface area contributed by atoms with Gasteiger partial charge < -0.3 is 10.2 Å². The molecule has 1 saturated heterocycles. The molecule has 1 aliphatic heterocycles. The fourth-order valence-corrected chi connectivity index (χ4v) is 2.63. The van der Waals surface area contributed by atoms with Crippen LogP contribution in [0.15, 0.2) is 0 Å². The lowest BCUT2D eigenvalue weighted by atomic mass is 9.97. The molecule has 2 heteroatoms. The minimum Gasteiger partial charge on any atom is -0.311 e. The number of rotatable bonds is 6. The fourth-order valence-electron chi connectivity index (χ4n) is 2.63. The molecule has 3 unspecified atom stereocenters. The molecule has 0 bridgehead atoms. The van der Waals surface area contributed by atoms with Crippen LogP contribution in [-0.4, -0.2) is 36.6 Å². The van der Waals surface area contributed by atoms with Gasteiger partial charge in [-0.3, -0.25) is 0 Å². The third kappa shape index (κ3) is 4.84. The summed E-state index contributed by atoms with van der Waals surface area (Å²) < 4.78 is 0. The van der Waals surface area contributed by atoms with E-state index in [1.54, 1.807) is 0 Å². The van der Waals surface area contributed by atoms with Gasteiger partial charge in [-0.1, -0.05) is 26.2 Å². The summed E-state index contributed by atoms with van der Waals surface area (Å²) in [7, 11) is 2.24. The van der Waals surface area contributed by atoms with Crippen molar-refractivity contribution in [2.45, 2.75) is 77.4 Å². The summed E-state index contributed by atoms with van der Waals surface area (Å²) in [5.74, 6) is 0. The molecule has 0 aromatic heterocycles. The van der Waals surface area contributed by atoms with E-state index in [-0.39, 0.29) is 0 Å².